The minimum Gasteiger partial charge on any atom is -0.497 e. The number of aromatic nitrogens is 2. The summed E-state index contributed by atoms with van der Waals surface area (Å²) in [7, 11) is 1.63. The van der Waals surface area contributed by atoms with Crippen LogP contribution in [-0.2, 0) is 6.54 Å². The topological polar surface area (TPSA) is 84.3 Å². The molecule has 0 unspecified atom stereocenters. The van der Waals surface area contributed by atoms with Gasteiger partial charge in [-0.25, -0.2) is 14.8 Å². The summed E-state index contributed by atoms with van der Waals surface area (Å²) >= 11 is 3.01. The van der Waals surface area contributed by atoms with Crippen molar-refractivity contribution in [2.45, 2.75) is 54.1 Å². The summed E-state index contributed by atoms with van der Waals surface area (Å²) in [6.07, 6.45) is 7.77. The highest BCUT2D eigenvalue weighted by Gasteiger charge is 2.24. The van der Waals surface area contributed by atoms with E-state index in [2.05, 4.69) is 15.3 Å². The molecule has 2 aromatic rings. The first-order valence-electron chi connectivity index (χ1n) is 9.33. The number of carbonyl (C=O) groups is 1. The lowest BCUT2D eigenvalue weighted by Crippen LogP contribution is -2.14. The van der Waals surface area contributed by atoms with Crippen LogP contribution >= 0.6 is 23.5 Å². The Bertz CT molecular complexity index is 809. The van der Waals surface area contributed by atoms with E-state index in [0.29, 0.717) is 27.8 Å². The van der Waals surface area contributed by atoms with Crippen molar-refractivity contribution in [3.63, 3.8) is 0 Å². The minimum absolute atomic E-state index is 0.168. The molecule has 1 saturated carbocycles. The average Bonchev–Trinajstić information content (AvgIpc) is 2.72. The Kier molecular flexibility index (Phi) is 7.44. The van der Waals surface area contributed by atoms with Crippen LogP contribution in [0.4, 0.5) is 5.82 Å². The summed E-state index contributed by atoms with van der Waals surface area (Å²) in [5, 5.41) is 14.6. The summed E-state index contributed by atoms with van der Waals surface area (Å²) in [5.74, 6) is 0.164. The van der Waals surface area contributed by atoms with Gasteiger partial charge in [0, 0.05) is 11.8 Å². The van der Waals surface area contributed by atoms with Gasteiger partial charge in [0.25, 0.3) is 0 Å². The number of hydrogen-bond donors (Lipinski definition) is 2. The molecule has 0 amide bonds. The number of anilines is 1. The number of carboxylic acids is 1. The zero-order valence-corrected chi connectivity index (χ0v) is 17.7. The minimum atomic E-state index is -0.997. The van der Waals surface area contributed by atoms with Crippen molar-refractivity contribution < 1.29 is 14.6 Å². The van der Waals surface area contributed by atoms with Crippen LogP contribution in [0.3, 0.4) is 0 Å². The third-order valence-electron chi connectivity index (χ3n) is 4.70. The second-order valence-corrected chi connectivity index (χ2v) is 8.69. The molecule has 0 aliphatic heterocycles. The molecule has 2 N–H and O–H groups in total. The van der Waals surface area contributed by atoms with Gasteiger partial charge in [-0.1, -0.05) is 43.2 Å². The summed E-state index contributed by atoms with van der Waals surface area (Å²) in [6.45, 7) is 0.475. The number of aromatic carboxylic acids is 1. The molecule has 0 saturated heterocycles. The van der Waals surface area contributed by atoms with Gasteiger partial charge in [-0.2, -0.15) is 0 Å². The Balaban J connectivity index is 1.84. The van der Waals surface area contributed by atoms with Gasteiger partial charge in [-0.15, -0.1) is 11.8 Å². The van der Waals surface area contributed by atoms with E-state index in [4.69, 9.17) is 4.74 Å². The molecule has 1 aromatic carbocycles. The van der Waals surface area contributed by atoms with Crippen LogP contribution in [0.25, 0.3) is 0 Å². The predicted octanol–water partition coefficient (Wildman–Crippen LogP) is 4.94. The summed E-state index contributed by atoms with van der Waals surface area (Å²) in [6, 6.07) is 7.65. The molecule has 28 heavy (non-hydrogen) atoms. The Morgan fingerprint density at radius 2 is 1.93 bits per heavy atom. The smallest absolute Gasteiger partial charge is 0.342 e. The average molecular weight is 420 g/mol. The molecule has 1 heterocycles. The molecule has 0 bridgehead atoms. The Morgan fingerprint density at radius 3 is 2.54 bits per heavy atom. The lowest BCUT2D eigenvalue weighted by atomic mass is 10.0. The number of carboxylic acid groups (broad SMARTS) is 1. The van der Waals surface area contributed by atoms with Crippen LogP contribution in [0.5, 0.6) is 5.75 Å². The third kappa shape index (κ3) is 5.32. The molecule has 0 spiro atoms. The zero-order chi connectivity index (χ0) is 19.9. The Morgan fingerprint density at radius 1 is 1.21 bits per heavy atom. The van der Waals surface area contributed by atoms with Gasteiger partial charge in [0.15, 0.2) is 5.16 Å². The fourth-order valence-electron chi connectivity index (χ4n) is 3.19. The molecule has 150 valence electrons. The first-order chi connectivity index (χ1) is 13.6. The molecule has 0 atom stereocenters. The molecule has 1 aromatic heterocycles. The summed E-state index contributed by atoms with van der Waals surface area (Å²) < 4.78 is 5.18. The Hall–Kier alpha value is -1.93. The van der Waals surface area contributed by atoms with E-state index in [-0.39, 0.29) is 5.56 Å². The van der Waals surface area contributed by atoms with Crippen LogP contribution in [0, 0.1) is 0 Å². The van der Waals surface area contributed by atoms with E-state index in [1.807, 2.05) is 30.5 Å². The third-order valence-corrected chi connectivity index (χ3v) is 6.57. The number of nitrogens with zero attached hydrogens (tertiary/aromatic N) is 2. The first-order valence-corrected chi connectivity index (χ1v) is 11.4. The maximum atomic E-state index is 12.0. The maximum Gasteiger partial charge on any atom is 0.342 e. The number of thioether (sulfide) groups is 2. The summed E-state index contributed by atoms with van der Waals surface area (Å²) in [5.41, 5.74) is 1.19. The first kappa shape index (κ1) is 20.8. The van der Waals surface area contributed by atoms with Gasteiger partial charge in [0.05, 0.1) is 7.11 Å². The molecule has 3 rings (SSSR count). The highest BCUT2D eigenvalue weighted by Crippen LogP contribution is 2.37. The van der Waals surface area contributed by atoms with Crippen LogP contribution in [0.15, 0.2) is 34.4 Å². The van der Waals surface area contributed by atoms with Crippen molar-refractivity contribution in [1.82, 2.24) is 9.97 Å². The monoisotopic (exact) mass is 419 g/mol. The van der Waals surface area contributed by atoms with Crippen molar-refractivity contribution in [3.05, 3.63) is 35.4 Å². The highest BCUT2D eigenvalue weighted by molar-refractivity contribution is 8.00. The molecule has 6 nitrogen and oxygen atoms in total. The van der Waals surface area contributed by atoms with Gasteiger partial charge in [0.1, 0.15) is 22.2 Å². The zero-order valence-electron chi connectivity index (χ0n) is 16.1. The predicted molar refractivity (Wildman–Crippen MR) is 114 cm³/mol. The molecular formula is C20H25N3O3S2. The van der Waals surface area contributed by atoms with Crippen molar-refractivity contribution in [3.8, 4) is 5.75 Å². The van der Waals surface area contributed by atoms with E-state index in [1.54, 1.807) is 18.9 Å². The molecule has 8 heteroatoms. The maximum absolute atomic E-state index is 12.0. The number of hydrogen-bond acceptors (Lipinski definition) is 7. The molecular weight excluding hydrogens is 394 g/mol. The fraction of sp³-hybridized carbons (Fsp3) is 0.450. The normalized spacial score (nSPS) is 14.6. The van der Waals surface area contributed by atoms with Gasteiger partial charge in [-0.05, 0) is 36.8 Å². The number of ether oxygens (including phenoxy) is 1. The lowest BCUT2D eigenvalue weighted by molar-refractivity contribution is 0.0692. The van der Waals surface area contributed by atoms with Gasteiger partial charge >= 0.3 is 5.97 Å². The van der Waals surface area contributed by atoms with E-state index in [9.17, 15) is 9.90 Å². The van der Waals surface area contributed by atoms with Crippen molar-refractivity contribution in [2.75, 3.05) is 18.7 Å². The summed E-state index contributed by atoms with van der Waals surface area (Å²) in [4.78, 5) is 21.0. The van der Waals surface area contributed by atoms with Crippen LogP contribution in [0.1, 0.15) is 48.0 Å². The molecule has 1 fully saturated rings. The molecule has 0 radical (unpaired) electrons. The van der Waals surface area contributed by atoms with E-state index < -0.39 is 5.97 Å². The number of benzene rings is 1. The van der Waals surface area contributed by atoms with E-state index in [1.165, 1.54) is 31.0 Å². The van der Waals surface area contributed by atoms with Crippen LogP contribution in [0.2, 0.25) is 0 Å². The van der Waals surface area contributed by atoms with Crippen LogP contribution < -0.4 is 10.1 Å². The van der Waals surface area contributed by atoms with Crippen molar-refractivity contribution in [1.29, 1.82) is 0 Å². The largest absolute Gasteiger partial charge is 0.497 e. The quantitative estimate of drug-likeness (QED) is 0.353. The molecule has 1 aliphatic carbocycles. The van der Waals surface area contributed by atoms with Gasteiger partial charge in [0.2, 0.25) is 0 Å². The van der Waals surface area contributed by atoms with E-state index in [0.717, 1.165) is 24.2 Å². The SMILES string of the molecule is COc1ccc(CNc2nc(SC)nc(SC3CCCCC3)c2C(=O)O)cc1. The van der Waals surface area contributed by atoms with Gasteiger partial charge < -0.3 is 15.2 Å². The second-order valence-electron chi connectivity index (χ2n) is 6.62. The highest BCUT2D eigenvalue weighted by atomic mass is 32.2. The number of nitrogens with one attached hydrogen (secondary N) is 1. The fourth-order valence-corrected chi connectivity index (χ4v) is 4.94. The second kappa shape index (κ2) is 10.0. The van der Waals surface area contributed by atoms with Crippen molar-refractivity contribution >= 4 is 35.3 Å². The number of rotatable bonds is 8. The molecule has 1 aliphatic rings. The van der Waals surface area contributed by atoms with E-state index >= 15 is 0 Å². The van der Waals surface area contributed by atoms with Crippen molar-refractivity contribution in [2.24, 2.45) is 0 Å². The Labute approximate surface area is 173 Å². The standard InChI is InChI=1S/C20H25N3O3S2/c1-26-14-10-8-13(9-11-14)12-21-17-16(19(24)25)18(23-20(22-17)27-2)28-15-6-4-3-5-7-15/h8-11,15H,3-7,12H2,1-2H3,(H,24,25)(H,21,22,23). The van der Waals surface area contributed by atoms with Gasteiger partial charge in [-0.3, -0.25) is 0 Å². The van der Waals surface area contributed by atoms with Crippen LogP contribution in [-0.4, -0.2) is 39.7 Å². The lowest BCUT2D eigenvalue weighted by Gasteiger charge is -2.22. The number of methoxy groups -OCH3 is 1.